The van der Waals surface area contributed by atoms with Gasteiger partial charge in [0.25, 0.3) is 0 Å². The molecule has 0 heterocycles. The number of benzene rings is 1. The van der Waals surface area contributed by atoms with E-state index in [1.54, 1.807) is 0 Å². The van der Waals surface area contributed by atoms with E-state index in [0.29, 0.717) is 17.7 Å². The van der Waals surface area contributed by atoms with Gasteiger partial charge in [-0.1, -0.05) is 32.0 Å². The second kappa shape index (κ2) is 5.55. The molecule has 0 amide bonds. The first-order valence-electron chi connectivity index (χ1n) is 6.93. The van der Waals surface area contributed by atoms with Crippen molar-refractivity contribution in [1.29, 1.82) is 0 Å². The van der Waals surface area contributed by atoms with E-state index in [9.17, 15) is 4.79 Å². The van der Waals surface area contributed by atoms with Gasteiger partial charge in [-0.15, -0.1) is 0 Å². The van der Waals surface area contributed by atoms with Crippen molar-refractivity contribution in [1.82, 2.24) is 0 Å². The number of anilines is 1. The van der Waals surface area contributed by atoms with Crippen molar-refractivity contribution in [2.75, 3.05) is 11.9 Å². The maximum absolute atomic E-state index is 11.3. The molecule has 0 saturated heterocycles. The summed E-state index contributed by atoms with van der Waals surface area (Å²) in [6.07, 6.45) is 3.50. The Morgan fingerprint density at radius 3 is 2.39 bits per heavy atom. The molecule has 1 aromatic carbocycles. The van der Waals surface area contributed by atoms with Gasteiger partial charge in [-0.3, -0.25) is 4.79 Å². The second-order valence-electron chi connectivity index (χ2n) is 5.59. The van der Waals surface area contributed by atoms with Gasteiger partial charge in [-0.25, -0.2) is 0 Å². The number of hydrogen-bond acceptors (Lipinski definition) is 2. The first-order chi connectivity index (χ1) is 8.59. The number of nitrogens with zero attached hydrogens (tertiary/aromatic N) is 1. The third kappa shape index (κ3) is 2.74. The van der Waals surface area contributed by atoms with Crippen LogP contribution in [0.4, 0.5) is 5.69 Å². The average Bonchev–Trinajstić information content (AvgIpc) is 2.39. The monoisotopic (exact) mass is 245 g/mol. The van der Waals surface area contributed by atoms with Crippen molar-refractivity contribution in [2.45, 2.75) is 51.5 Å². The van der Waals surface area contributed by atoms with E-state index in [-0.39, 0.29) is 0 Å². The Morgan fingerprint density at radius 2 is 1.78 bits per heavy atom. The van der Waals surface area contributed by atoms with Crippen LogP contribution in [0.15, 0.2) is 24.3 Å². The third-order valence-corrected chi connectivity index (χ3v) is 4.00. The zero-order valence-electron chi connectivity index (χ0n) is 11.6. The highest BCUT2D eigenvalue weighted by Crippen LogP contribution is 2.31. The van der Waals surface area contributed by atoms with Gasteiger partial charge in [0.15, 0.2) is 0 Å². The highest BCUT2D eigenvalue weighted by atomic mass is 16.1. The van der Waals surface area contributed by atoms with Crippen molar-refractivity contribution in [3.8, 4) is 0 Å². The highest BCUT2D eigenvalue weighted by molar-refractivity contribution is 5.79. The topological polar surface area (TPSA) is 20.3 Å². The molecule has 1 aliphatic carbocycles. The number of carbonyl (C=O) groups excluding carboxylic acids is 1. The highest BCUT2D eigenvalue weighted by Gasteiger charge is 2.23. The minimum Gasteiger partial charge on any atom is -0.371 e. The zero-order valence-corrected chi connectivity index (χ0v) is 11.6. The van der Waals surface area contributed by atoms with Crippen molar-refractivity contribution in [3.63, 3.8) is 0 Å². The summed E-state index contributed by atoms with van der Waals surface area (Å²) in [5, 5.41) is 0. The summed E-state index contributed by atoms with van der Waals surface area (Å²) >= 11 is 0. The number of ketones is 1. The third-order valence-electron chi connectivity index (χ3n) is 4.00. The standard InChI is InChI=1S/C16H23NO/c1-12(2)15-6-4-5-7-16(15)17(3)13-8-10-14(18)11-9-13/h4-7,12-13H,8-11H2,1-3H3. The molecule has 1 fully saturated rings. The van der Waals surface area contributed by atoms with Gasteiger partial charge in [-0.05, 0) is 30.4 Å². The van der Waals surface area contributed by atoms with E-state index in [0.717, 1.165) is 25.7 Å². The summed E-state index contributed by atoms with van der Waals surface area (Å²) in [5.74, 6) is 0.964. The lowest BCUT2D eigenvalue weighted by molar-refractivity contribution is -0.120. The molecule has 1 saturated carbocycles. The molecule has 2 heteroatoms. The van der Waals surface area contributed by atoms with E-state index in [4.69, 9.17) is 0 Å². The number of carbonyl (C=O) groups is 1. The molecule has 1 aromatic rings. The molecule has 98 valence electrons. The summed E-state index contributed by atoms with van der Waals surface area (Å²) in [4.78, 5) is 13.7. The first-order valence-corrected chi connectivity index (χ1v) is 6.93. The molecule has 1 aliphatic rings. The maximum atomic E-state index is 11.3. The van der Waals surface area contributed by atoms with Crippen LogP contribution in [0.25, 0.3) is 0 Å². The van der Waals surface area contributed by atoms with Gasteiger partial charge >= 0.3 is 0 Å². The van der Waals surface area contributed by atoms with Crippen LogP contribution >= 0.6 is 0 Å². The van der Waals surface area contributed by atoms with Crippen LogP contribution in [0.1, 0.15) is 51.0 Å². The lowest BCUT2D eigenvalue weighted by atomic mass is 9.92. The lowest BCUT2D eigenvalue weighted by Crippen LogP contribution is -2.35. The fourth-order valence-corrected chi connectivity index (χ4v) is 2.81. The van der Waals surface area contributed by atoms with Gasteiger partial charge in [-0.2, -0.15) is 0 Å². The molecule has 0 aliphatic heterocycles. The Bertz CT molecular complexity index is 415. The summed E-state index contributed by atoms with van der Waals surface area (Å²) in [5.41, 5.74) is 2.73. The summed E-state index contributed by atoms with van der Waals surface area (Å²) in [6.45, 7) is 4.47. The van der Waals surface area contributed by atoms with Gasteiger partial charge in [0, 0.05) is 31.6 Å². The molecule has 2 nitrogen and oxygen atoms in total. The quantitative estimate of drug-likeness (QED) is 0.808. The van der Waals surface area contributed by atoms with Crippen LogP contribution in [0.3, 0.4) is 0 Å². The van der Waals surface area contributed by atoms with Crippen LogP contribution in [0.5, 0.6) is 0 Å². The summed E-state index contributed by atoms with van der Waals surface area (Å²) in [7, 11) is 2.17. The van der Waals surface area contributed by atoms with E-state index >= 15 is 0 Å². The largest absolute Gasteiger partial charge is 0.371 e. The lowest BCUT2D eigenvalue weighted by Gasteiger charge is -2.34. The molecule has 0 atom stereocenters. The van der Waals surface area contributed by atoms with E-state index in [2.05, 4.69) is 50.1 Å². The van der Waals surface area contributed by atoms with Crippen molar-refractivity contribution < 1.29 is 4.79 Å². The van der Waals surface area contributed by atoms with Crippen LogP contribution in [-0.2, 0) is 4.79 Å². The van der Waals surface area contributed by atoms with Gasteiger partial charge < -0.3 is 4.90 Å². The number of para-hydroxylation sites is 1. The predicted molar refractivity (Wildman–Crippen MR) is 76.2 cm³/mol. The Labute approximate surface area is 110 Å². The zero-order chi connectivity index (χ0) is 13.1. The fraction of sp³-hybridized carbons (Fsp3) is 0.562. The average molecular weight is 245 g/mol. The summed E-state index contributed by atoms with van der Waals surface area (Å²) in [6, 6.07) is 9.14. The smallest absolute Gasteiger partial charge is 0.133 e. The van der Waals surface area contributed by atoms with Crippen LogP contribution < -0.4 is 4.90 Å². The Balaban J connectivity index is 2.18. The van der Waals surface area contributed by atoms with Crippen LogP contribution in [0, 0.1) is 0 Å². The molecule has 0 radical (unpaired) electrons. The summed E-state index contributed by atoms with van der Waals surface area (Å²) < 4.78 is 0. The maximum Gasteiger partial charge on any atom is 0.133 e. The number of Topliss-reactive ketones (excluding diaryl/α,β-unsaturated/α-hetero) is 1. The molecular weight excluding hydrogens is 222 g/mol. The van der Waals surface area contributed by atoms with Crippen LogP contribution in [0.2, 0.25) is 0 Å². The molecule has 0 bridgehead atoms. The van der Waals surface area contributed by atoms with Crippen molar-refractivity contribution >= 4 is 11.5 Å². The number of rotatable bonds is 3. The second-order valence-corrected chi connectivity index (χ2v) is 5.59. The molecule has 18 heavy (non-hydrogen) atoms. The predicted octanol–water partition coefficient (Wildman–Crippen LogP) is 3.76. The Hall–Kier alpha value is -1.31. The minimum absolute atomic E-state index is 0.428. The first kappa shape index (κ1) is 13.1. The van der Waals surface area contributed by atoms with Gasteiger partial charge in [0.2, 0.25) is 0 Å². The molecule has 0 unspecified atom stereocenters. The molecule has 0 N–H and O–H groups in total. The molecule has 2 rings (SSSR count). The minimum atomic E-state index is 0.428. The van der Waals surface area contributed by atoms with Crippen molar-refractivity contribution in [2.24, 2.45) is 0 Å². The molecular formula is C16H23NO. The van der Waals surface area contributed by atoms with Gasteiger partial charge in [0.1, 0.15) is 5.78 Å². The van der Waals surface area contributed by atoms with E-state index in [1.807, 2.05) is 0 Å². The molecule has 0 spiro atoms. The van der Waals surface area contributed by atoms with E-state index < -0.39 is 0 Å². The molecule has 0 aromatic heterocycles. The van der Waals surface area contributed by atoms with Crippen LogP contribution in [-0.4, -0.2) is 18.9 Å². The Morgan fingerprint density at radius 1 is 1.17 bits per heavy atom. The Kier molecular flexibility index (Phi) is 4.05. The normalized spacial score (nSPS) is 17.2. The van der Waals surface area contributed by atoms with E-state index in [1.165, 1.54) is 11.3 Å². The van der Waals surface area contributed by atoms with Gasteiger partial charge in [0.05, 0.1) is 0 Å². The fourth-order valence-electron chi connectivity index (χ4n) is 2.81. The number of hydrogen-bond donors (Lipinski definition) is 0. The van der Waals surface area contributed by atoms with Crippen molar-refractivity contribution in [3.05, 3.63) is 29.8 Å². The SMILES string of the molecule is CC(C)c1ccccc1N(C)C1CCC(=O)CC1.